The van der Waals surface area contributed by atoms with E-state index in [1.165, 1.54) is 5.56 Å². The molecule has 0 spiro atoms. The molecular formula is C26H38O2. The van der Waals surface area contributed by atoms with Crippen LogP contribution in [0.4, 0.5) is 0 Å². The minimum absolute atomic E-state index is 0.0520. The smallest absolute Gasteiger partial charge is 0.120 e. The zero-order valence-corrected chi connectivity index (χ0v) is 19.1. The number of hydrogen-bond donors (Lipinski definition) is 0. The molecule has 0 bridgehead atoms. The molecule has 0 aliphatic heterocycles. The first kappa shape index (κ1) is 22.6. The molecule has 1 aromatic carbocycles. The van der Waals surface area contributed by atoms with Gasteiger partial charge < -0.3 is 9.47 Å². The van der Waals surface area contributed by atoms with E-state index in [0.29, 0.717) is 0 Å². The Hall–Kier alpha value is -1.70. The van der Waals surface area contributed by atoms with Crippen molar-refractivity contribution in [1.29, 1.82) is 0 Å². The lowest BCUT2D eigenvalue weighted by Gasteiger charge is -2.32. The van der Waals surface area contributed by atoms with Gasteiger partial charge in [0.1, 0.15) is 11.5 Å². The van der Waals surface area contributed by atoms with Crippen LogP contribution in [0.3, 0.4) is 0 Å². The van der Waals surface area contributed by atoms with Gasteiger partial charge in [0.05, 0.1) is 13.2 Å². The third kappa shape index (κ3) is 6.15. The summed E-state index contributed by atoms with van der Waals surface area (Å²) in [5, 5.41) is 0. The van der Waals surface area contributed by atoms with E-state index < -0.39 is 0 Å². The Labute approximate surface area is 173 Å². The molecule has 0 heterocycles. The monoisotopic (exact) mass is 382 g/mol. The molecule has 0 amide bonds. The van der Waals surface area contributed by atoms with Gasteiger partial charge in [0.25, 0.3) is 0 Å². The normalized spacial score (nSPS) is 17.8. The standard InChI is InChI=1S/C26H38O2/c1-9-11-27-23-15-19(13-21(17-23)25(3,4)5)20-14-22(26(6,7)8)18-24(16-20)28-12-10-2/h13,15-18,22H,9-12H2,1-8H3. The van der Waals surface area contributed by atoms with E-state index in [9.17, 15) is 0 Å². The molecule has 154 valence electrons. The largest absolute Gasteiger partial charge is 0.494 e. The van der Waals surface area contributed by atoms with E-state index >= 15 is 0 Å². The second-order valence-electron chi connectivity index (χ2n) is 9.81. The summed E-state index contributed by atoms with van der Waals surface area (Å²) in [5.74, 6) is 2.09. The van der Waals surface area contributed by atoms with Gasteiger partial charge in [-0.05, 0) is 70.6 Å². The Balaban J connectivity index is 2.47. The zero-order chi connectivity index (χ0) is 20.9. The maximum absolute atomic E-state index is 6.02. The first-order valence-corrected chi connectivity index (χ1v) is 10.7. The lowest BCUT2D eigenvalue weighted by atomic mass is 9.73. The topological polar surface area (TPSA) is 18.5 Å². The van der Waals surface area contributed by atoms with Gasteiger partial charge in [-0.1, -0.05) is 61.5 Å². The van der Waals surface area contributed by atoms with Crippen LogP contribution in [-0.4, -0.2) is 13.2 Å². The predicted octanol–water partition coefficient (Wildman–Crippen LogP) is 7.22. The van der Waals surface area contributed by atoms with Crippen molar-refractivity contribution in [3.8, 4) is 5.75 Å². The van der Waals surface area contributed by atoms with E-state index in [0.717, 1.165) is 48.7 Å². The Kier molecular flexibility index (Phi) is 7.42. The van der Waals surface area contributed by atoms with Crippen LogP contribution >= 0.6 is 0 Å². The quantitative estimate of drug-likeness (QED) is 0.495. The lowest BCUT2D eigenvalue weighted by Crippen LogP contribution is -2.22. The van der Waals surface area contributed by atoms with Gasteiger partial charge in [-0.15, -0.1) is 0 Å². The second kappa shape index (κ2) is 9.20. The van der Waals surface area contributed by atoms with Crippen molar-refractivity contribution in [2.24, 2.45) is 11.3 Å². The molecule has 2 rings (SSSR count). The zero-order valence-electron chi connectivity index (χ0n) is 19.1. The van der Waals surface area contributed by atoms with Gasteiger partial charge in [0, 0.05) is 6.42 Å². The van der Waals surface area contributed by atoms with Crippen LogP contribution in [0.5, 0.6) is 5.75 Å². The first-order chi connectivity index (χ1) is 13.0. The molecule has 2 radical (unpaired) electrons. The first-order valence-electron chi connectivity index (χ1n) is 10.7. The number of rotatable bonds is 7. The summed E-state index contributed by atoms with van der Waals surface area (Å²) in [6.45, 7) is 19.2. The van der Waals surface area contributed by atoms with E-state index in [2.05, 4.69) is 92.2 Å². The van der Waals surface area contributed by atoms with Crippen LogP contribution in [0, 0.1) is 17.8 Å². The highest BCUT2D eigenvalue weighted by atomic mass is 16.5. The summed E-state index contributed by atoms with van der Waals surface area (Å²) in [7, 11) is 0. The Bertz CT molecular complexity index is 711. The average molecular weight is 383 g/mol. The van der Waals surface area contributed by atoms with Gasteiger partial charge in [-0.25, -0.2) is 0 Å². The van der Waals surface area contributed by atoms with Gasteiger partial charge in [-0.3, -0.25) is 0 Å². The van der Waals surface area contributed by atoms with Gasteiger partial charge >= 0.3 is 0 Å². The van der Waals surface area contributed by atoms with Crippen LogP contribution in [0.1, 0.15) is 79.4 Å². The van der Waals surface area contributed by atoms with Crippen LogP contribution < -0.4 is 4.74 Å². The average Bonchev–Trinajstić information content (AvgIpc) is 2.62. The second-order valence-corrected chi connectivity index (χ2v) is 9.81. The number of benzene rings is 1. The Morgan fingerprint density at radius 1 is 0.893 bits per heavy atom. The number of allylic oxidation sites excluding steroid dienone is 3. The van der Waals surface area contributed by atoms with Crippen molar-refractivity contribution in [1.82, 2.24) is 0 Å². The predicted molar refractivity (Wildman–Crippen MR) is 119 cm³/mol. The van der Waals surface area contributed by atoms with Gasteiger partial charge in [0.15, 0.2) is 0 Å². The minimum atomic E-state index is 0.0520. The van der Waals surface area contributed by atoms with Crippen LogP contribution in [0.2, 0.25) is 0 Å². The fourth-order valence-electron chi connectivity index (χ4n) is 3.04. The molecule has 1 aromatic rings. The van der Waals surface area contributed by atoms with E-state index in [4.69, 9.17) is 9.47 Å². The summed E-state index contributed by atoms with van der Waals surface area (Å²) < 4.78 is 12.0. The molecule has 1 atom stereocenters. The molecule has 0 fully saturated rings. The SMILES string of the molecule is CCCOC1=CC(C(C)(C)C)[C]C(c2cc(OCCC)cc(C(C)(C)C)c2)=C1. The maximum atomic E-state index is 6.02. The maximum Gasteiger partial charge on any atom is 0.120 e. The highest BCUT2D eigenvalue weighted by Gasteiger charge is 2.29. The molecule has 2 heteroatoms. The van der Waals surface area contributed by atoms with E-state index in [-0.39, 0.29) is 16.7 Å². The van der Waals surface area contributed by atoms with Gasteiger partial charge in [-0.2, -0.15) is 0 Å². The van der Waals surface area contributed by atoms with Crippen LogP contribution in [-0.2, 0) is 10.2 Å². The summed E-state index contributed by atoms with van der Waals surface area (Å²) in [6, 6.07) is 6.60. The highest BCUT2D eigenvalue weighted by molar-refractivity contribution is 5.77. The molecule has 0 N–H and O–H groups in total. The highest BCUT2D eigenvalue weighted by Crippen LogP contribution is 2.40. The van der Waals surface area contributed by atoms with E-state index in [1.54, 1.807) is 0 Å². The van der Waals surface area contributed by atoms with Crippen LogP contribution in [0.25, 0.3) is 5.57 Å². The minimum Gasteiger partial charge on any atom is -0.494 e. The molecule has 1 aliphatic carbocycles. The molecule has 0 saturated carbocycles. The third-order valence-corrected chi connectivity index (χ3v) is 4.89. The molecule has 28 heavy (non-hydrogen) atoms. The third-order valence-electron chi connectivity index (χ3n) is 4.89. The van der Waals surface area contributed by atoms with E-state index in [1.807, 2.05) is 0 Å². The Morgan fingerprint density at radius 3 is 2.11 bits per heavy atom. The lowest BCUT2D eigenvalue weighted by molar-refractivity contribution is 0.215. The molecular weight excluding hydrogens is 344 g/mol. The summed E-state index contributed by atoms with van der Waals surface area (Å²) in [6.07, 6.45) is 10.1. The van der Waals surface area contributed by atoms with Crippen molar-refractivity contribution in [3.05, 3.63) is 53.7 Å². The van der Waals surface area contributed by atoms with Gasteiger partial charge in [0.2, 0.25) is 0 Å². The fraction of sp³-hybridized carbons (Fsp3) is 0.577. The Morgan fingerprint density at radius 2 is 1.54 bits per heavy atom. The van der Waals surface area contributed by atoms with Crippen molar-refractivity contribution in [2.75, 3.05) is 13.2 Å². The molecule has 1 unspecified atom stereocenters. The van der Waals surface area contributed by atoms with Crippen molar-refractivity contribution in [3.63, 3.8) is 0 Å². The molecule has 2 nitrogen and oxygen atoms in total. The fourth-order valence-corrected chi connectivity index (χ4v) is 3.04. The van der Waals surface area contributed by atoms with Crippen molar-refractivity contribution < 1.29 is 9.47 Å². The van der Waals surface area contributed by atoms with Crippen molar-refractivity contribution in [2.45, 2.75) is 73.6 Å². The summed E-state index contributed by atoms with van der Waals surface area (Å²) in [5.41, 5.74) is 3.66. The number of ether oxygens (including phenoxy) is 2. The summed E-state index contributed by atoms with van der Waals surface area (Å²) in [4.78, 5) is 0. The molecule has 0 saturated heterocycles. The molecule has 0 aromatic heterocycles. The number of hydrogen-bond acceptors (Lipinski definition) is 2. The molecule has 1 aliphatic rings. The summed E-state index contributed by atoms with van der Waals surface area (Å²) >= 11 is 0. The van der Waals surface area contributed by atoms with Crippen LogP contribution in [0.15, 0.2) is 36.1 Å². The van der Waals surface area contributed by atoms with Crippen molar-refractivity contribution >= 4 is 5.57 Å².